The maximum atomic E-state index is 5.66. The van der Waals surface area contributed by atoms with E-state index < -0.39 is 18.8 Å². The van der Waals surface area contributed by atoms with Crippen molar-refractivity contribution in [2.75, 3.05) is 47.1 Å². The van der Waals surface area contributed by atoms with Crippen LogP contribution in [0.4, 0.5) is 0 Å². The van der Waals surface area contributed by atoms with Gasteiger partial charge in [-0.2, -0.15) is 0 Å². The zero-order valence-corrected chi connectivity index (χ0v) is 20.6. The molecule has 0 bridgehead atoms. The fourth-order valence-corrected chi connectivity index (χ4v) is 5.40. The summed E-state index contributed by atoms with van der Waals surface area (Å²) in [4.78, 5) is 0. The molecule has 1 aliphatic rings. The third-order valence-corrected chi connectivity index (χ3v) is 7.50. The topological polar surface area (TPSA) is 84.2 Å². The fraction of sp³-hybridized carbons (Fsp3) is 1.00. The van der Waals surface area contributed by atoms with E-state index in [1.807, 2.05) is 20.8 Å². The van der Waals surface area contributed by atoms with Crippen molar-refractivity contribution in [1.29, 1.82) is 0 Å². The van der Waals surface area contributed by atoms with Crippen LogP contribution in [0, 0.1) is 5.92 Å². The predicted molar refractivity (Wildman–Crippen MR) is 113 cm³/mol. The smallest absolute Gasteiger partial charge is 0.402 e. The summed E-state index contributed by atoms with van der Waals surface area (Å²) >= 11 is 0. The van der Waals surface area contributed by atoms with Crippen LogP contribution in [0.15, 0.2) is 0 Å². The standard InChI is InChI=1S/C9H22O3Si.C6H14N2.C2H8O2Si/c1-5-9-13(10-6-2,11-7-3)12-8-4;1-5(7)6-2-3-8-4-6;1-3-5-4-2/h5-9H2,1-4H3;5-6,8H,2-4,7H2,1H3;5H2,1-2H3. The summed E-state index contributed by atoms with van der Waals surface area (Å²) < 4.78 is 26.2. The molecule has 26 heavy (non-hydrogen) atoms. The molecule has 2 unspecified atom stereocenters. The van der Waals surface area contributed by atoms with Crippen LogP contribution in [-0.2, 0) is 22.1 Å². The van der Waals surface area contributed by atoms with E-state index in [1.54, 1.807) is 14.2 Å². The van der Waals surface area contributed by atoms with E-state index in [1.165, 1.54) is 6.42 Å². The van der Waals surface area contributed by atoms with Crippen molar-refractivity contribution in [3.8, 4) is 0 Å². The lowest BCUT2D eigenvalue weighted by Crippen LogP contribution is -2.45. The minimum absolute atomic E-state index is 0.380. The van der Waals surface area contributed by atoms with Crippen LogP contribution in [0.25, 0.3) is 0 Å². The molecule has 1 fully saturated rings. The molecule has 7 nitrogen and oxygen atoms in total. The lowest BCUT2D eigenvalue weighted by Gasteiger charge is -2.27. The van der Waals surface area contributed by atoms with Crippen LogP contribution in [0.2, 0.25) is 6.04 Å². The molecule has 0 aromatic rings. The average molecular weight is 413 g/mol. The van der Waals surface area contributed by atoms with Gasteiger partial charge < -0.3 is 33.2 Å². The Morgan fingerprint density at radius 1 is 1.04 bits per heavy atom. The molecule has 9 heteroatoms. The fourth-order valence-electron chi connectivity index (χ4n) is 2.55. The largest absolute Gasteiger partial charge is 0.500 e. The van der Waals surface area contributed by atoms with Gasteiger partial charge in [0.15, 0.2) is 0 Å². The lowest BCUT2D eigenvalue weighted by molar-refractivity contribution is 0.0712. The van der Waals surface area contributed by atoms with Crippen LogP contribution in [0.3, 0.4) is 0 Å². The second-order valence-corrected chi connectivity index (χ2v) is 10.2. The van der Waals surface area contributed by atoms with E-state index in [0.29, 0.717) is 25.9 Å². The van der Waals surface area contributed by atoms with E-state index >= 15 is 0 Å². The van der Waals surface area contributed by atoms with Gasteiger partial charge in [-0.1, -0.05) is 13.3 Å². The molecule has 1 heterocycles. The number of hydrogen-bond acceptors (Lipinski definition) is 7. The first-order valence-corrected chi connectivity index (χ1v) is 12.9. The highest BCUT2D eigenvalue weighted by Gasteiger charge is 2.38. The Morgan fingerprint density at radius 3 is 1.73 bits per heavy atom. The van der Waals surface area contributed by atoms with E-state index in [9.17, 15) is 0 Å². The van der Waals surface area contributed by atoms with Crippen molar-refractivity contribution in [3.05, 3.63) is 0 Å². The van der Waals surface area contributed by atoms with Gasteiger partial charge in [-0.05, 0) is 53.1 Å². The van der Waals surface area contributed by atoms with Crippen molar-refractivity contribution >= 4 is 18.8 Å². The lowest BCUT2D eigenvalue weighted by atomic mass is 10.0. The van der Waals surface area contributed by atoms with Gasteiger partial charge in [0, 0.05) is 46.1 Å². The Balaban J connectivity index is 0. The van der Waals surface area contributed by atoms with Crippen LogP contribution >= 0.6 is 0 Å². The third kappa shape index (κ3) is 15.2. The first-order chi connectivity index (χ1) is 12.5. The van der Waals surface area contributed by atoms with Gasteiger partial charge in [0.1, 0.15) is 0 Å². The molecule has 0 aromatic carbocycles. The van der Waals surface area contributed by atoms with Crippen LogP contribution < -0.4 is 11.1 Å². The molecule has 1 aliphatic heterocycles. The van der Waals surface area contributed by atoms with Crippen molar-refractivity contribution in [2.45, 2.75) is 59.5 Å². The van der Waals surface area contributed by atoms with Crippen LogP contribution in [-0.4, -0.2) is 72.0 Å². The molecule has 0 radical (unpaired) electrons. The number of rotatable bonds is 11. The highest BCUT2D eigenvalue weighted by molar-refractivity contribution is 6.60. The molecule has 1 saturated heterocycles. The van der Waals surface area contributed by atoms with E-state index in [0.717, 1.165) is 31.5 Å². The maximum absolute atomic E-state index is 5.66. The molecule has 3 N–H and O–H groups in total. The Bertz CT molecular complexity index is 252. The Morgan fingerprint density at radius 2 is 1.54 bits per heavy atom. The summed E-state index contributed by atoms with van der Waals surface area (Å²) in [6.07, 6.45) is 2.31. The minimum atomic E-state index is -2.30. The zero-order chi connectivity index (χ0) is 20.3. The van der Waals surface area contributed by atoms with Crippen molar-refractivity contribution in [1.82, 2.24) is 5.32 Å². The maximum Gasteiger partial charge on any atom is 0.500 e. The molecular formula is C17H44N2O5Si2. The molecule has 1 rings (SSSR count). The number of nitrogens with one attached hydrogen (secondary N) is 1. The summed E-state index contributed by atoms with van der Waals surface area (Å²) in [6.45, 7) is 14.4. The Hall–Kier alpha value is 0.154. The van der Waals surface area contributed by atoms with Gasteiger partial charge in [0.05, 0.1) is 0 Å². The van der Waals surface area contributed by atoms with Gasteiger partial charge in [-0.25, -0.2) is 0 Å². The van der Waals surface area contributed by atoms with Gasteiger partial charge in [0.25, 0.3) is 0 Å². The van der Waals surface area contributed by atoms with Crippen LogP contribution in [0.1, 0.15) is 47.5 Å². The first kappa shape index (κ1) is 28.4. The molecule has 0 amide bonds. The quantitative estimate of drug-likeness (QED) is 0.499. The van der Waals surface area contributed by atoms with E-state index in [2.05, 4.69) is 28.0 Å². The predicted octanol–water partition coefficient (Wildman–Crippen LogP) is 1.67. The second kappa shape index (κ2) is 19.9. The highest BCUT2D eigenvalue weighted by Crippen LogP contribution is 2.17. The van der Waals surface area contributed by atoms with Crippen molar-refractivity contribution in [3.63, 3.8) is 0 Å². The van der Waals surface area contributed by atoms with Gasteiger partial charge in [-0.15, -0.1) is 0 Å². The minimum Gasteiger partial charge on any atom is -0.402 e. The zero-order valence-electron chi connectivity index (χ0n) is 18.1. The molecule has 160 valence electrons. The molecule has 2 atom stereocenters. The summed E-state index contributed by atoms with van der Waals surface area (Å²) in [5.41, 5.74) is 5.66. The summed E-state index contributed by atoms with van der Waals surface area (Å²) in [5.74, 6) is 0.731. The van der Waals surface area contributed by atoms with Crippen molar-refractivity contribution in [2.24, 2.45) is 11.7 Å². The third-order valence-electron chi connectivity index (χ3n) is 3.73. The molecule has 0 aliphatic carbocycles. The highest BCUT2D eigenvalue weighted by atomic mass is 28.4. The Kier molecular flexibility index (Phi) is 21.7. The first-order valence-electron chi connectivity index (χ1n) is 9.82. The van der Waals surface area contributed by atoms with Crippen LogP contribution in [0.5, 0.6) is 0 Å². The van der Waals surface area contributed by atoms with Gasteiger partial charge >= 0.3 is 18.8 Å². The van der Waals surface area contributed by atoms with Gasteiger partial charge in [-0.3, -0.25) is 0 Å². The molecular weight excluding hydrogens is 368 g/mol. The number of nitrogens with two attached hydrogens (primary N) is 1. The van der Waals surface area contributed by atoms with Gasteiger partial charge in [0.2, 0.25) is 0 Å². The van der Waals surface area contributed by atoms with E-state index in [-0.39, 0.29) is 0 Å². The molecule has 0 aromatic heterocycles. The Labute approximate surface area is 165 Å². The monoisotopic (exact) mass is 412 g/mol. The molecule has 0 saturated carbocycles. The number of hydrogen-bond donors (Lipinski definition) is 2. The average Bonchev–Trinajstić information content (AvgIpc) is 3.13. The summed E-state index contributed by atoms with van der Waals surface area (Å²) in [6, 6.07) is 1.30. The SMILES string of the molecule is CC(N)C1CCNC1.CCC[Si](OCC)(OCC)OCC.CO[SiH2]OC. The molecule has 0 spiro atoms. The summed E-state index contributed by atoms with van der Waals surface area (Å²) in [7, 11) is 0.434. The second-order valence-electron chi connectivity index (χ2n) is 6.04. The normalized spacial score (nSPS) is 17.8. The van der Waals surface area contributed by atoms with Crippen molar-refractivity contribution < 1.29 is 22.1 Å². The van der Waals surface area contributed by atoms with E-state index in [4.69, 9.17) is 19.0 Å². The summed E-state index contributed by atoms with van der Waals surface area (Å²) in [5, 5.41) is 3.27.